The highest BCUT2D eigenvalue weighted by Crippen LogP contribution is 2.20. The third-order valence-electron chi connectivity index (χ3n) is 3.52. The van der Waals surface area contributed by atoms with Gasteiger partial charge in [-0.1, -0.05) is 34.1 Å². The lowest BCUT2D eigenvalue weighted by Gasteiger charge is -2.27. The van der Waals surface area contributed by atoms with Gasteiger partial charge in [0.25, 0.3) is 0 Å². The van der Waals surface area contributed by atoms with Gasteiger partial charge in [0, 0.05) is 29.7 Å². The summed E-state index contributed by atoms with van der Waals surface area (Å²) in [5.74, 6) is -0.217. The molecule has 0 aromatic heterocycles. The van der Waals surface area contributed by atoms with Crippen LogP contribution in [0.4, 0.5) is 0 Å². The van der Waals surface area contributed by atoms with Gasteiger partial charge >= 0.3 is 5.97 Å². The first kappa shape index (κ1) is 16.2. The number of carbonyl (C=O) groups is 1. The average molecular weight is 354 g/mol. The van der Waals surface area contributed by atoms with Crippen LogP contribution < -0.4 is 0 Å². The molecule has 5 heteroatoms. The Hall–Kier alpha value is -1.17. The van der Waals surface area contributed by atoms with Crippen LogP contribution in [0.15, 0.2) is 40.4 Å². The molecule has 1 N–H and O–H groups in total. The normalized spacial score (nSPS) is 17.2. The number of nitrogens with zero attached hydrogens (tertiary/aromatic N) is 1. The maximum Gasteiger partial charge on any atom is 0.333 e. The van der Waals surface area contributed by atoms with E-state index in [4.69, 9.17) is 4.74 Å². The molecule has 2 rings (SSSR count). The van der Waals surface area contributed by atoms with E-state index in [-0.39, 0.29) is 5.97 Å². The smallest absolute Gasteiger partial charge is 0.333 e. The number of esters is 1. The van der Waals surface area contributed by atoms with Gasteiger partial charge in [0.1, 0.15) is 0 Å². The van der Waals surface area contributed by atoms with Gasteiger partial charge in [-0.05, 0) is 31.0 Å². The van der Waals surface area contributed by atoms with Crippen LogP contribution in [-0.4, -0.2) is 42.2 Å². The average Bonchev–Trinajstić information content (AvgIpc) is 2.49. The molecule has 1 unspecified atom stereocenters. The highest BCUT2D eigenvalue weighted by Gasteiger charge is 2.20. The van der Waals surface area contributed by atoms with E-state index in [1.165, 1.54) is 0 Å². The second-order valence-corrected chi connectivity index (χ2v) is 5.94. The van der Waals surface area contributed by atoms with Crippen molar-refractivity contribution in [2.24, 2.45) is 0 Å². The molecule has 4 nitrogen and oxygen atoms in total. The number of carbonyl (C=O) groups excluding carboxylic acids is 1. The van der Waals surface area contributed by atoms with E-state index in [0.717, 1.165) is 22.2 Å². The Morgan fingerprint density at radius 3 is 2.71 bits per heavy atom. The van der Waals surface area contributed by atoms with Crippen LogP contribution in [0.5, 0.6) is 0 Å². The molecule has 0 saturated carbocycles. The minimum Gasteiger partial charge on any atom is -0.463 e. The Morgan fingerprint density at radius 1 is 1.43 bits per heavy atom. The van der Waals surface area contributed by atoms with Crippen LogP contribution in [0, 0.1) is 0 Å². The molecule has 0 amide bonds. The fourth-order valence-electron chi connectivity index (χ4n) is 2.32. The number of aliphatic hydroxyl groups is 1. The first-order valence-electron chi connectivity index (χ1n) is 7.12. The van der Waals surface area contributed by atoms with Gasteiger partial charge in [-0.2, -0.15) is 0 Å². The largest absolute Gasteiger partial charge is 0.463 e. The van der Waals surface area contributed by atoms with Gasteiger partial charge < -0.3 is 9.84 Å². The number of halogens is 1. The molecule has 0 spiro atoms. The number of rotatable bonds is 5. The first-order valence-corrected chi connectivity index (χ1v) is 7.91. The Bertz CT molecular complexity index is 513. The molecule has 0 radical (unpaired) electrons. The van der Waals surface area contributed by atoms with Crippen molar-refractivity contribution in [1.82, 2.24) is 4.90 Å². The molecule has 1 heterocycles. The van der Waals surface area contributed by atoms with E-state index in [2.05, 4.69) is 20.8 Å². The lowest BCUT2D eigenvalue weighted by atomic mass is 10.1. The molecule has 0 aliphatic carbocycles. The molecule has 1 atom stereocenters. The van der Waals surface area contributed by atoms with Crippen molar-refractivity contribution in [3.8, 4) is 0 Å². The third-order valence-corrected chi connectivity index (χ3v) is 4.05. The van der Waals surface area contributed by atoms with Crippen LogP contribution in [-0.2, 0) is 9.53 Å². The maximum absolute atomic E-state index is 11.6. The summed E-state index contributed by atoms with van der Waals surface area (Å²) in [6, 6.07) is 7.68. The van der Waals surface area contributed by atoms with Gasteiger partial charge in [0.15, 0.2) is 0 Å². The number of hydrogen-bond acceptors (Lipinski definition) is 4. The predicted octanol–water partition coefficient (Wildman–Crippen LogP) is 2.68. The topological polar surface area (TPSA) is 49.8 Å². The zero-order valence-corrected chi connectivity index (χ0v) is 13.7. The highest BCUT2D eigenvalue weighted by atomic mass is 79.9. The number of benzene rings is 1. The fraction of sp³-hybridized carbons (Fsp3) is 0.438. The van der Waals surface area contributed by atoms with Crippen LogP contribution in [0.1, 0.15) is 25.0 Å². The quantitative estimate of drug-likeness (QED) is 0.826. The van der Waals surface area contributed by atoms with Crippen molar-refractivity contribution >= 4 is 21.9 Å². The van der Waals surface area contributed by atoms with Crippen LogP contribution in [0.25, 0.3) is 0 Å². The monoisotopic (exact) mass is 353 g/mol. The minimum atomic E-state index is -0.518. The molecule has 1 aromatic carbocycles. The van der Waals surface area contributed by atoms with Gasteiger partial charge in [-0.25, -0.2) is 4.79 Å². The van der Waals surface area contributed by atoms with Crippen molar-refractivity contribution in [2.75, 3.05) is 26.2 Å². The molecule has 114 valence electrons. The molecule has 1 aromatic rings. The Balaban J connectivity index is 1.88. The van der Waals surface area contributed by atoms with E-state index in [0.29, 0.717) is 26.1 Å². The molecule has 1 aliphatic rings. The molecule has 0 bridgehead atoms. The lowest BCUT2D eigenvalue weighted by molar-refractivity contribution is -0.138. The predicted molar refractivity (Wildman–Crippen MR) is 84.9 cm³/mol. The van der Waals surface area contributed by atoms with Crippen LogP contribution >= 0.6 is 15.9 Å². The molecular formula is C16H20BrNO3. The van der Waals surface area contributed by atoms with E-state index < -0.39 is 6.10 Å². The summed E-state index contributed by atoms with van der Waals surface area (Å²) in [5.41, 5.74) is 1.64. The van der Waals surface area contributed by atoms with E-state index >= 15 is 0 Å². The van der Waals surface area contributed by atoms with Gasteiger partial charge in [-0.3, -0.25) is 4.90 Å². The number of ether oxygens (including phenoxy) is 1. The number of β-amino-alcohol motifs (C(OH)–C–C–N with tert-alkyl or cyclic N) is 1. The fourth-order valence-corrected chi connectivity index (χ4v) is 2.59. The van der Waals surface area contributed by atoms with Gasteiger partial charge in [0.2, 0.25) is 0 Å². The van der Waals surface area contributed by atoms with E-state index in [9.17, 15) is 9.90 Å². The zero-order chi connectivity index (χ0) is 15.2. The molecule has 0 fully saturated rings. The summed E-state index contributed by atoms with van der Waals surface area (Å²) < 4.78 is 6.00. The van der Waals surface area contributed by atoms with Crippen molar-refractivity contribution in [2.45, 2.75) is 19.4 Å². The molecule has 21 heavy (non-hydrogen) atoms. The minimum absolute atomic E-state index is 0.217. The Morgan fingerprint density at radius 2 is 2.14 bits per heavy atom. The Kier molecular flexibility index (Phi) is 5.96. The summed E-state index contributed by atoms with van der Waals surface area (Å²) >= 11 is 3.38. The number of aliphatic hydroxyl groups excluding tert-OH is 1. The standard InChI is InChI=1S/C16H20BrNO3/c1-2-21-16(20)13-7-9-18(10-8-13)11-15(19)12-3-5-14(17)6-4-12/h3-7,15,19H,2,8-11H2,1H3. The van der Waals surface area contributed by atoms with E-state index in [1.807, 2.05) is 37.3 Å². The van der Waals surface area contributed by atoms with Gasteiger partial charge in [0.05, 0.1) is 12.7 Å². The van der Waals surface area contributed by atoms with E-state index in [1.54, 1.807) is 0 Å². The maximum atomic E-state index is 11.6. The Labute approximate surface area is 133 Å². The summed E-state index contributed by atoms with van der Waals surface area (Å²) in [5, 5.41) is 10.3. The van der Waals surface area contributed by atoms with Crippen LogP contribution in [0.2, 0.25) is 0 Å². The SMILES string of the molecule is CCOC(=O)C1=CCN(CC(O)c2ccc(Br)cc2)CC1. The zero-order valence-electron chi connectivity index (χ0n) is 12.1. The van der Waals surface area contributed by atoms with Gasteiger partial charge in [-0.15, -0.1) is 0 Å². The highest BCUT2D eigenvalue weighted by molar-refractivity contribution is 9.10. The van der Waals surface area contributed by atoms with Crippen molar-refractivity contribution < 1.29 is 14.6 Å². The summed E-state index contributed by atoms with van der Waals surface area (Å²) in [6.45, 7) is 4.21. The lowest BCUT2D eigenvalue weighted by Crippen LogP contribution is -2.34. The van der Waals surface area contributed by atoms with Crippen molar-refractivity contribution in [3.63, 3.8) is 0 Å². The second kappa shape index (κ2) is 7.73. The first-order chi connectivity index (χ1) is 10.1. The molecule has 1 aliphatic heterocycles. The van der Waals surface area contributed by atoms with Crippen molar-refractivity contribution in [3.05, 3.63) is 46.0 Å². The third kappa shape index (κ3) is 4.66. The molecular weight excluding hydrogens is 334 g/mol. The molecule has 0 saturated heterocycles. The summed E-state index contributed by atoms with van der Waals surface area (Å²) in [7, 11) is 0. The summed E-state index contributed by atoms with van der Waals surface area (Å²) in [6.07, 6.45) is 2.05. The van der Waals surface area contributed by atoms with Crippen molar-refractivity contribution in [1.29, 1.82) is 0 Å². The second-order valence-electron chi connectivity index (χ2n) is 5.03. The van der Waals surface area contributed by atoms with Crippen LogP contribution in [0.3, 0.4) is 0 Å². The number of hydrogen-bond donors (Lipinski definition) is 1. The summed E-state index contributed by atoms with van der Waals surface area (Å²) in [4.78, 5) is 13.8.